The highest BCUT2D eigenvalue weighted by Gasteiger charge is 2.25. The fourth-order valence-corrected chi connectivity index (χ4v) is 2.60. The average Bonchev–Trinajstić information content (AvgIpc) is 2.86. The van der Waals surface area contributed by atoms with Crippen LogP contribution < -0.4 is 10.1 Å². The lowest BCUT2D eigenvalue weighted by Gasteiger charge is -2.22. The largest absolute Gasteiger partial charge is 0.495 e. The van der Waals surface area contributed by atoms with E-state index in [2.05, 4.69) is 5.32 Å². The molecule has 20 heavy (non-hydrogen) atoms. The predicted molar refractivity (Wildman–Crippen MR) is 78.0 cm³/mol. The third-order valence-electron chi connectivity index (χ3n) is 3.69. The van der Waals surface area contributed by atoms with Crippen molar-refractivity contribution in [3.8, 4) is 5.75 Å². The first-order chi connectivity index (χ1) is 9.63. The summed E-state index contributed by atoms with van der Waals surface area (Å²) in [6.07, 6.45) is 1.99. The highest BCUT2D eigenvalue weighted by molar-refractivity contribution is 5.93. The van der Waals surface area contributed by atoms with E-state index in [9.17, 15) is 9.90 Å². The van der Waals surface area contributed by atoms with Gasteiger partial charge in [-0.3, -0.25) is 9.69 Å². The Morgan fingerprint density at radius 3 is 3.05 bits per heavy atom. The lowest BCUT2D eigenvalue weighted by atomic mass is 10.2. The molecule has 1 aliphatic rings. The highest BCUT2D eigenvalue weighted by Crippen LogP contribution is 2.25. The molecule has 1 heterocycles. The molecule has 0 aliphatic carbocycles. The molecule has 0 saturated carbocycles. The van der Waals surface area contributed by atoms with Crippen molar-refractivity contribution in [3.63, 3.8) is 0 Å². The van der Waals surface area contributed by atoms with E-state index in [0.29, 0.717) is 18.0 Å². The smallest absolute Gasteiger partial charge is 0.238 e. The van der Waals surface area contributed by atoms with E-state index in [4.69, 9.17) is 4.74 Å². The predicted octanol–water partition coefficient (Wildman–Crippen LogP) is 1.40. The van der Waals surface area contributed by atoms with E-state index in [1.165, 1.54) is 0 Å². The Kier molecular flexibility index (Phi) is 4.98. The lowest BCUT2D eigenvalue weighted by molar-refractivity contribution is -0.117. The van der Waals surface area contributed by atoms with Crippen molar-refractivity contribution < 1.29 is 14.6 Å². The van der Waals surface area contributed by atoms with E-state index in [1.54, 1.807) is 7.11 Å². The zero-order chi connectivity index (χ0) is 14.5. The van der Waals surface area contributed by atoms with Crippen LogP contribution in [0.15, 0.2) is 18.2 Å². The number of nitrogens with one attached hydrogen (secondary N) is 1. The summed E-state index contributed by atoms with van der Waals surface area (Å²) in [5.74, 6) is 0.582. The summed E-state index contributed by atoms with van der Waals surface area (Å²) in [5, 5.41) is 12.2. The zero-order valence-corrected chi connectivity index (χ0v) is 12.1. The van der Waals surface area contributed by atoms with Crippen molar-refractivity contribution in [3.05, 3.63) is 23.8 Å². The molecule has 1 fully saturated rings. The number of nitrogens with zero attached hydrogens (tertiary/aromatic N) is 1. The Morgan fingerprint density at radius 1 is 1.55 bits per heavy atom. The lowest BCUT2D eigenvalue weighted by Crippen LogP contribution is -2.38. The summed E-state index contributed by atoms with van der Waals surface area (Å²) in [4.78, 5) is 14.1. The van der Waals surface area contributed by atoms with Gasteiger partial charge in [0.15, 0.2) is 0 Å². The summed E-state index contributed by atoms with van der Waals surface area (Å²) in [7, 11) is 1.59. The van der Waals surface area contributed by atoms with Crippen LogP contribution in [0.1, 0.15) is 18.4 Å². The Labute approximate surface area is 119 Å². The molecule has 1 atom stereocenters. The number of aliphatic hydroxyl groups excluding tert-OH is 1. The molecule has 5 heteroatoms. The van der Waals surface area contributed by atoms with Crippen molar-refractivity contribution in [2.45, 2.75) is 25.8 Å². The molecule has 110 valence electrons. The number of hydrogen-bond donors (Lipinski definition) is 2. The van der Waals surface area contributed by atoms with E-state index < -0.39 is 0 Å². The Bertz CT molecular complexity index is 476. The van der Waals surface area contributed by atoms with Gasteiger partial charge in [0.1, 0.15) is 5.75 Å². The number of aryl methyl sites for hydroxylation is 1. The second kappa shape index (κ2) is 6.72. The highest BCUT2D eigenvalue weighted by atomic mass is 16.5. The number of ether oxygens (including phenoxy) is 1. The minimum Gasteiger partial charge on any atom is -0.495 e. The topological polar surface area (TPSA) is 61.8 Å². The first-order valence-electron chi connectivity index (χ1n) is 6.93. The number of carbonyl (C=O) groups is 1. The summed E-state index contributed by atoms with van der Waals surface area (Å²) >= 11 is 0. The van der Waals surface area contributed by atoms with Crippen LogP contribution in [0.2, 0.25) is 0 Å². The number of likely N-dealkylation sites (tertiary alicyclic amines) is 1. The minimum absolute atomic E-state index is 0.0748. The van der Waals surface area contributed by atoms with E-state index >= 15 is 0 Å². The Morgan fingerprint density at radius 2 is 2.35 bits per heavy atom. The van der Waals surface area contributed by atoms with E-state index in [1.807, 2.05) is 30.0 Å². The summed E-state index contributed by atoms with van der Waals surface area (Å²) in [6, 6.07) is 5.79. The molecule has 1 aromatic rings. The molecule has 0 spiro atoms. The molecule has 2 N–H and O–H groups in total. The van der Waals surface area contributed by atoms with E-state index in [-0.39, 0.29) is 18.6 Å². The quantitative estimate of drug-likeness (QED) is 0.854. The minimum atomic E-state index is -0.0748. The van der Waals surface area contributed by atoms with Crippen LogP contribution in [0.5, 0.6) is 5.75 Å². The van der Waals surface area contributed by atoms with Gasteiger partial charge in [-0.1, -0.05) is 6.07 Å². The molecule has 0 bridgehead atoms. The first kappa shape index (κ1) is 14.8. The number of hydrogen-bond acceptors (Lipinski definition) is 4. The monoisotopic (exact) mass is 278 g/mol. The molecule has 2 rings (SSSR count). The normalized spacial score (nSPS) is 19.1. The number of rotatable bonds is 5. The molecule has 5 nitrogen and oxygen atoms in total. The molecule has 0 radical (unpaired) electrons. The van der Waals surface area contributed by atoms with Gasteiger partial charge in [0.25, 0.3) is 0 Å². The standard InChI is InChI=1S/C15H22N2O3/c1-11-5-6-14(20-2)13(8-11)16-15(19)9-17-7-3-4-12(17)10-18/h5-6,8,12,18H,3-4,7,9-10H2,1-2H3,(H,16,19)/t12-/m1/s1. The third kappa shape index (κ3) is 3.49. The summed E-state index contributed by atoms with van der Waals surface area (Å²) < 4.78 is 5.25. The number of methoxy groups -OCH3 is 1. The number of amides is 1. The van der Waals surface area contributed by atoms with E-state index in [0.717, 1.165) is 24.9 Å². The van der Waals surface area contributed by atoms with Gasteiger partial charge < -0.3 is 15.2 Å². The zero-order valence-electron chi connectivity index (χ0n) is 12.1. The molecular formula is C15H22N2O3. The van der Waals surface area contributed by atoms with Gasteiger partial charge in [-0.2, -0.15) is 0 Å². The molecule has 1 aliphatic heterocycles. The van der Waals surface area contributed by atoms with Crippen LogP contribution in [0.4, 0.5) is 5.69 Å². The first-order valence-corrected chi connectivity index (χ1v) is 6.93. The maximum absolute atomic E-state index is 12.1. The Balaban J connectivity index is 1.99. The Hall–Kier alpha value is -1.59. The molecule has 0 unspecified atom stereocenters. The fourth-order valence-electron chi connectivity index (χ4n) is 2.60. The van der Waals surface area contributed by atoms with Gasteiger partial charge in [-0.25, -0.2) is 0 Å². The van der Waals surface area contributed by atoms with Crippen LogP contribution >= 0.6 is 0 Å². The number of carbonyl (C=O) groups excluding carboxylic acids is 1. The number of anilines is 1. The summed E-state index contributed by atoms with van der Waals surface area (Å²) in [6.45, 7) is 3.25. The van der Waals surface area contributed by atoms with Gasteiger partial charge in [0.05, 0.1) is 25.9 Å². The van der Waals surface area contributed by atoms with Crippen molar-refractivity contribution in [1.82, 2.24) is 4.90 Å². The fraction of sp³-hybridized carbons (Fsp3) is 0.533. The summed E-state index contributed by atoms with van der Waals surface area (Å²) in [5.41, 5.74) is 1.76. The molecular weight excluding hydrogens is 256 g/mol. The van der Waals surface area contributed by atoms with Crippen LogP contribution in [0.25, 0.3) is 0 Å². The van der Waals surface area contributed by atoms with Crippen LogP contribution in [-0.4, -0.2) is 48.8 Å². The third-order valence-corrected chi connectivity index (χ3v) is 3.69. The van der Waals surface area contributed by atoms with Crippen LogP contribution in [0, 0.1) is 6.92 Å². The molecule has 1 saturated heterocycles. The SMILES string of the molecule is COc1ccc(C)cc1NC(=O)CN1CCC[C@@H]1CO. The van der Waals surface area contributed by atoms with Crippen LogP contribution in [0.3, 0.4) is 0 Å². The van der Waals surface area contributed by atoms with Gasteiger partial charge in [0, 0.05) is 6.04 Å². The van der Waals surface area contributed by atoms with Crippen LogP contribution in [-0.2, 0) is 4.79 Å². The second-order valence-electron chi connectivity index (χ2n) is 5.20. The van der Waals surface area contributed by atoms with Crippen molar-refractivity contribution in [2.75, 3.05) is 32.1 Å². The average molecular weight is 278 g/mol. The van der Waals surface area contributed by atoms with Gasteiger partial charge in [-0.05, 0) is 44.0 Å². The number of benzene rings is 1. The van der Waals surface area contributed by atoms with Gasteiger partial charge in [0.2, 0.25) is 5.91 Å². The van der Waals surface area contributed by atoms with Gasteiger partial charge in [-0.15, -0.1) is 0 Å². The van der Waals surface area contributed by atoms with Crippen molar-refractivity contribution in [2.24, 2.45) is 0 Å². The number of aliphatic hydroxyl groups is 1. The maximum Gasteiger partial charge on any atom is 0.238 e. The van der Waals surface area contributed by atoms with Crippen molar-refractivity contribution >= 4 is 11.6 Å². The molecule has 1 amide bonds. The molecule has 1 aromatic carbocycles. The maximum atomic E-state index is 12.1. The second-order valence-corrected chi connectivity index (χ2v) is 5.20. The van der Waals surface area contributed by atoms with Crippen molar-refractivity contribution in [1.29, 1.82) is 0 Å². The molecule has 0 aromatic heterocycles. The van der Waals surface area contributed by atoms with Gasteiger partial charge >= 0.3 is 0 Å².